The van der Waals surface area contributed by atoms with E-state index in [1.54, 1.807) is 5.57 Å². The normalized spacial score (nSPS) is 34.8. The minimum absolute atomic E-state index is 0.437. The van der Waals surface area contributed by atoms with E-state index < -0.39 is 0 Å². The fourth-order valence-corrected chi connectivity index (χ4v) is 3.82. The highest BCUT2D eigenvalue weighted by molar-refractivity contribution is 5.70. The summed E-state index contributed by atoms with van der Waals surface area (Å²) < 4.78 is 0. The highest BCUT2D eigenvalue weighted by atomic mass is 14.6. The van der Waals surface area contributed by atoms with Crippen molar-refractivity contribution in [2.45, 2.75) is 26.2 Å². The molecule has 2 aliphatic carbocycles. The lowest BCUT2D eigenvalue weighted by Gasteiger charge is -2.50. The van der Waals surface area contributed by atoms with Gasteiger partial charge in [0.05, 0.1) is 0 Å². The molecule has 0 radical (unpaired) electrons. The Morgan fingerprint density at radius 3 is 2.76 bits per heavy atom. The van der Waals surface area contributed by atoms with Crippen LogP contribution in [0.2, 0.25) is 0 Å². The van der Waals surface area contributed by atoms with Crippen molar-refractivity contribution in [1.29, 1.82) is 0 Å². The Balaban J connectivity index is 1.95. The molecule has 0 heteroatoms. The van der Waals surface area contributed by atoms with Crippen LogP contribution in [0.1, 0.15) is 31.7 Å². The molecule has 1 fully saturated rings. The molecule has 0 saturated heterocycles. The van der Waals surface area contributed by atoms with Gasteiger partial charge in [0.25, 0.3) is 0 Å². The van der Waals surface area contributed by atoms with Gasteiger partial charge < -0.3 is 0 Å². The van der Waals surface area contributed by atoms with E-state index >= 15 is 0 Å². The number of hydrogen-bond acceptors (Lipinski definition) is 0. The van der Waals surface area contributed by atoms with Crippen LogP contribution in [-0.2, 0) is 0 Å². The standard InChI is InChI=1S/C17H20/c1-3-9-17-12-15(11-16(17)10-13(17)2)14-7-5-4-6-8-14/h3-8,12-13,16H,1,9-11H2,2H3/t13-,16?,17-/m0/s1. The number of benzene rings is 1. The fourth-order valence-electron chi connectivity index (χ4n) is 3.82. The summed E-state index contributed by atoms with van der Waals surface area (Å²) in [6.45, 7) is 6.33. The van der Waals surface area contributed by atoms with Gasteiger partial charge in [-0.1, -0.05) is 49.4 Å². The Hall–Kier alpha value is -1.30. The van der Waals surface area contributed by atoms with Gasteiger partial charge in [0.15, 0.2) is 0 Å². The van der Waals surface area contributed by atoms with E-state index in [1.165, 1.54) is 18.4 Å². The van der Waals surface area contributed by atoms with Gasteiger partial charge in [0.1, 0.15) is 0 Å². The third-order valence-corrected chi connectivity index (χ3v) is 4.87. The monoisotopic (exact) mass is 224 g/mol. The number of hydrogen-bond donors (Lipinski definition) is 0. The lowest BCUT2D eigenvalue weighted by atomic mass is 9.54. The molecule has 0 spiro atoms. The van der Waals surface area contributed by atoms with Crippen molar-refractivity contribution in [2.24, 2.45) is 17.3 Å². The van der Waals surface area contributed by atoms with E-state index in [2.05, 4.69) is 56.0 Å². The highest BCUT2D eigenvalue weighted by Gasteiger charge is 2.53. The Morgan fingerprint density at radius 2 is 2.12 bits per heavy atom. The average molecular weight is 224 g/mol. The molecule has 88 valence electrons. The maximum Gasteiger partial charge on any atom is -0.00207 e. The first-order valence-electron chi connectivity index (χ1n) is 6.64. The lowest BCUT2D eigenvalue weighted by molar-refractivity contribution is 0.0225. The van der Waals surface area contributed by atoms with Crippen molar-refractivity contribution < 1.29 is 0 Å². The summed E-state index contributed by atoms with van der Waals surface area (Å²) in [6, 6.07) is 10.8. The topological polar surface area (TPSA) is 0 Å². The van der Waals surface area contributed by atoms with E-state index in [4.69, 9.17) is 0 Å². The zero-order valence-corrected chi connectivity index (χ0v) is 10.5. The molecule has 3 rings (SSSR count). The van der Waals surface area contributed by atoms with Gasteiger partial charge in [-0.15, -0.1) is 6.58 Å². The lowest BCUT2D eigenvalue weighted by Crippen LogP contribution is -2.43. The van der Waals surface area contributed by atoms with Crippen LogP contribution < -0.4 is 0 Å². The van der Waals surface area contributed by atoms with Crippen LogP contribution in [0, 0.1) is 17.3 Å². The molecule has 0 nitrogen and oxygen atoms in total. The highest BCUT2D eigenvalue weighted by Crippen LogP contribution is 2.63. The molecule has 2 aliphatic rings. The van der Waals surface area contributed by atoms with E-state index in [0.29, 0.717) is 5.41 Å². The SMILES string of the molecule is C=CC[C@@]12C=C(c3ccccc3)CC1C[C@@H]2C. The van der Waals surface area contributed by atoms with Gasteiger partial charge in [-0.2, -0.15) is 0 Å². The Bertz CT molecular complexity index is 454. The molecule has 0 aliphatic heterocycles. The maximum absolute atomic E-state index is 3.94. The predicted octanol–water partition coefficient (Wildman–Crippen LogP) is 4.69. The molecule has 1 unspecified atom stereocenters. The third kappa shape index (κ3) is 1.50. The van der Waals surface area contributed by atoms with Crippen LogP contribution in [0.4, 0.5) is 0 Å². The quantitative estimate of drug-likeness (QED) is 0.653. The van der Waals surface area contributed by atoms with Crippen LogP contribution in [-0.4, -0.2) is 0 Å². The van der Waals surface area contributed by atoms with Crippen LogP contribution in [0.5, 0.6) is 0 Å². The second kappa shape index (κ2) is 3.87. The largest absolute Gasteiger partial charge is 0.103 e. The van der Waals surface area contributed by atoms with E-state index in [0.717, 1.165) is 18.3 Å². The second-order valence-corrected chi connectivity index (χ2v) is 5.68. The molecule has 1 aromatic carbocycles. The smallest absolute Gasteiger partial charge is 0.00207 e. The number of rotatable bonds is 3. The van der Waals surface area contributed by atoms with Crippen LogP contribution >= 0.6 is 0 Å². The van der Waals surface area contributed by atoms with Gasteiger partial charge in [-0.25, -0.2) is 0 Å². The number of fused-ring (bicyclic) bond motifs is 1. The first kappa shape index (κ1) is 10.8. The number of allylic oxidation sites excluding steroid dienone is 3. The van der Waals surface area contributed by atoms with Gasteiger partial charge in [-0.3, -0.25) is 0 Å². The molecule has 0 amide bonds. The summed E-state index contributed by atoms with van der Waals surface area (Å²) in [5, 5.41) is 0. The van der Waals surface area contributed by atoms with Crippen LogP contribution in [0.15, 0.2) is 49.1 Å². The average Bonchev–Trinajstić information content (AvgIpc) is 2.65. The molecule has 1 saturated carbocycles. The van der Waals surface area contributed by atoms with Gasteiger partial charge >= 0.3 is 0 Å². The molecule has 0 N–H and O–H groups in total. The van der Waals surface area contributed by atoms with E-state index in [9.17, 15) is 0 Å². The van der Waals surface area contributed by atoms with Crippen molar-refractivity contribution >= 4 is 5.57 Å². The summed E-state index contributed by atoms with van der Waals surface area (Å²) in [7, 11) is 0. The zero-order chi connectivity index (χ0) is 11.9. The van der Waals surface area contributed by atoms with Gasteiger partial charge in [0.2, 0.25) is 0 Å². The molecule has 0 bridgehead atoms. The van der Waals surface area contributed by atoms with Gasteiger partial charge in [0, 0.05) is 0 Å². The molecule has 3 atom stereocenters. The first-order valence-corrected chi connectivity index (χ1v) is 6.64. The predicted molar refractivity (Wildman–Crippen MR) is 73.6 cm³/mol. The van der Waals surface area contributed by atoms with E-state index in [1.807, 2.05) is 0 Å². The Morgan fingerprint density at radius 1 is 1.35 bits per heavy atom. The first-order chi connectivity index (χ1) is 8.26. The van der Waals surface area contributed by atoms with Crippen molar-refractivity contribution in [1.82, 2.24) is 0 Å². The van der Waals surface area contributed by atoms with E-state index in [-0.39, 0.29) is 0 Å². The van der Waals surface area contributed by atoms with Crippen molar-refractivity contribution in [2.75, 3.05) is 0 Å². The minimum Gasteiger partial charge on any atom is -0.103 e. The molecule has 0 heterocycles. The fraction of sp³-hybridized carbons (Fsp3) is 0.412. The van der Waals surface area contributed by atoms with Crippen molar-refractivity contribution in [3.05, 3.63) is 54.6 Å². The zero-order valence-electron chi connectivity index (χ0n) is 10.5. The van der Waals surface area contributed by atoms with Crippen LogP contribution in [0.25, 0.3) is 5.57 Å². The summed E-state index contributed by atoms with van der Waals surface area (Å²) in [6.07, 6.45) is 8.47. The minimum atomic E-state index is 0.437. The Kier molecular flexibility index (Phi) is 2.47. The molecule has 17 heavy (non-hydrogen) atoms. The maximum atomic E-state index is 3.94. The molecule has 0 aromatic heterocycles. The summed E-state index contributed by atoms with van der Waals surface area (Å²) in [5.74, 6) is 1.69. The molecular formula is C17H20. The second-order valence-electron chi connectivity index (χ2n) is 5.68. The van der Waals surface area contributed by atoms with Gasteiger partial charge in [-0.05, 0) is 47.6 Å². The summed E-state index contributed by atoms with van der Waals surface area (Å²) in [4.78, 5) is 0. The Labute approximate surface area is 104 Å². The van der Waals surface area contributed by atoms with Crippen molar-refractivity contribution in [3.63, 3.8) is 0 Å². The van der Waals surface area contributed by atoms with Crippen molar-refractivity contribution in [3.8, 4) is 0 Å². The third-order valence-electron chi connectivity index (χ3n) is 4.87. The molecule has 1 aromatic rings. The summed E-state index contributed by atoms with van der Waals surface area (Å²) in [5.41, 5.74) is 3.41. The molecular weight excluding hydrogens is 204 g/mol. The summed E-state index contributed by atoms with van der Waals surface area (Å²) >= 11 is 0. The van der Waals surface area contributed by atoms with Crippen LogP contribution in [0.3, 0.4) is 0 Å².